The van der Waals surface area contributed by atoms with Gasteiger partial charge >= 0.3 is 0 Å². The number of hydrogen-bond donors (Lipinski definition) is 1. The maximum Gasteiger partial charge on any atom is 0.213 e. The highest BCUT2D eigenvalue weighted by Gasteiger charge is 2.22. The molecular weight excluding hydrogens is 234 g/mol. The van der Waals surface area contributed by atoms with Crippen LogP contribution in [0.2, 0.25) is 0 Å². The lowest BCUT2D eigenvalue weighted by atomic mass is 10.1. The molecule has 0 bridgehead atoms. The number of nitrogen functional groups attached to an aromatic ring is 1. The highest BCUT2D eigenvalue weighted by Crippen LogP contribution is 2.26. The molecule has 2 aromatic rings. The molecule has 96 valence electrons. The Kier molecular flexibility index (Phi) is 2.48. The Morgan fingerprint density at radius 3 is 3.00 bits per heavy atom. The number of anilines is 1. The van der Waals surface area contributed by atoms with Gasteiger partial charge in [0, 0.05) is 25.1 Å². The van der Waals surface area contributed by atoms with Crippen LogP contribution in [0, 0.1) is 0 Å². The van der Waals surface area contributed by atoms with Crippen molar-refractivity contribution in [3.63, 3.8) is 0 Å². The normalized spacial score (nSPS) is 14.6. The first kappa shape index (κ1) is 11.1. The molecule has 0 saturated heterocycles. The van der Waals surface area contributed by atoms with E-state index in [1.54, 1.807) is 16.5 Å². The first-order chi connectivity index (χ1) is 8.70. The van der Waals surface area contributed by atoms with Gasteiger partial charge in [-0.15, -0.1) is 10.2 Å². The quantitative estimate of drug-likeness (QED) is 0.826. The molecule has 0 amide bonds. The van der Waals surface area contributed by atoms with E-state index in [1.807, 2.05) is 13.1 Å². The molecule has 7 heteroatoms. The number of fused-ring (bicyclic) bond motifs is 1. The zero-order chi connectivity index (χ0) is 12.7. The minimum atomic E-state index is 0.509. The van der Waals surface area contributed by atoms with Crippen molar-refractivity contribution in [3.8, 4) is 11.7 Å². The summed E-state index contributed by atoms with van der Waals surface area (Å²) >= 11 is 0. The summed E-state index contributed by atoms with van der Waals surface area (Å²) in [5.74, 6) is 1.90. The molecule has 0 saturated carbocycles. The van der Waals surface area contributed by atoms with Gasteiger partial charge in [0.25, 0.3) is 0 Å². The van der Waals surface area contributed by atoms with E-state index in [4.69, 9.17) is 15.2 Å². The molecule has 0 aliphatic carbocycles. The largest absolute Gasteiger partial charge is 0.481 e. The summed E-state index contributed by atoms with van der Waals surface area (Å²) in [6.45, 7) is 1.20. The SMILES string of the molecule is COc1cc(-n2nc(N)c3c2CCOC3)nn1C. The first-order valence-electron chi connectivity index (χ1n) is 5.73. The number of ether oxygens (including phenoxy) is 2. The van der Waals surface area contributed by atoms with Crippen LogP contribution in [-0.2, 0) is 24.8 Å². The highest BCUT2D eigenvalue weighted by molar-refractivity contribution is 5.46. The molecule has 2 aromatic heterocycles. The Bertz CT molecular complexity index is 587. The number of nitrogens with zero attached hydrogens (tertiary/aromatic N) is 4. The average Bonchev–Trinajstić information content (AvgIpc) is 2.91. The highest BCUT2D eigenvalue weighted by atomic mass is 16.5. The maximum absolute atomic E-state index is 5.90. The van der Waals surface area contributed by atoms with Crippen LogP contribution in [0.3, 0.4) is 0 Å². The van der Waals surface area contributed by atoms with Crippen molar-refractivity contribution < 1.29 is 9.47 Å². The minimum Gasteiger partial charge on any atom is -0.481 e. The molecule has 0 unspecified atom stereocenters. The lowest BCUT2D eigenvalue weighted by molar-refractivity contribution is 0.110. The third-order valence-electron chi connectivity index (χ3n) is 3.10. The van der Waals surface area contributed by atoms with E-state index in [0.717, 1.165) is 17.7 Å². The van der Waals surface area contributed by atoms with Gasteiger partial charge in [-0.2, -0.15) is 0 Å². The third-order valence-corrected chi connectivity index (χ3v) is 3.10. The second kappa shape index (κ2) is 4.02. The zero-order valence-electron chi connectivity index (χ0n) is 10.4. The van der Waals surface area contributed by atoms with Gasteiger partial charge in [0.1, 0.15) is 0 Å². The van der Waals surface area contributed by atoms with Gasteiger partial charge in [-0.05, 0) is 0 Å². The van der Waals surface area contributed by atoms with Crippen molar-refractivity contribution in [2.75, 3.05) is 19.5 Å². The lowest BCUT2D eigenvalue weighted by Gasteiger charge is -2.13. The van der Waals surface area contributed by atoms with E-state index in [0.29, 0.717) is 30.7 Å². The number of rotatable bonds is 2. The second-order valence-corrected chi connectivity index (χ2v) is 4.19. The van der Waals surface area contributed by atoms with Crippen molar-refractivity contribution in [3.05, 3.63) is 17.3 Å². The summed E-state index contributed by atoms with van der Waals surface area (Å²) in [6.07, 6.45) is 0.790. The Morgan fingerprint density at radius 2 is 2.28 bits per heavy atom. The first-order valence-corrected chi connectivity index (χ1v) is 5.73. The third kappa shape index (κ3) is 1.55. The molecule has 18 heavy (non-hydrogen) atoms. The summed E-state index contributed by atoms with van der Waals surface area (Å²) in [5, 5.41) is 8.70. The van der Waals surface area contributed by atoms with Crippen molar-refractivity contribution in [1.29, 1.82) is 0 Å². The molecule has 0 aromatic carbocycles. The molecule has 2 N–H and O–H groups in total. The van der Waals surface area contributed by atoms with Crippen molar-refractivity contribution in [1.82, 2.24) is 19.6 Å². The fraction of sp³-hybridized carbons (Fsp3) is 0.455. The predicted molar refractivity (Wildman–Crippen MR) is 64.7 cm³/mol. The van der Waals surface area contributed by atoms with Gasteiger partial charge in [-0.1, -0.05) is 0 Å². The van der Waals surface area contributed by atoms with Crippen LogP contribution in [0.4, 0.5) is 5.82 Å². The van der Waals surface area contributed by atoms with Crippen LogP contribution < -0.4 is 10.5 Å². The number of nitrogens with two attached hydrogens (primary N) is 1. The fourth-order valence-corrected chi connectivity index (χ4v) is 2.18. The molecule has 0 spiro atoms. The van der Waals surface area contributed by atoms with Crippen LogP contribution in [0.15, 0.2) is 6.07 Å². The van der Waals surface area contributed by atoms with Crippen LogP contribution in [-0.4, -0.2) is 33.3 Å². The van der Waals surface area contributed by atoms with E-state index < -0.39 is 0 Å². The van der Waals surface area contributed by atoms with Crippen molar-refractivity contribution >= 4 is 5.82 Å². The summed E-state index contributed by atoms with van der Waals surface area (Å²) < 4.78 is 14.0. The number of hydrogen-bond acceptors (Lipinski definition) is 5. The van der Waals surface area contributed by atoms with Crippen LogP contribution >= 0.6 is 0 Å². The Hall–Kier alpha value is -2.02. The maximum atomic E-state index is 5.90. The van der Waals surface area contributed by atoms with Gasteiger partial charge in [0.15, 0.2) is 11.6 Å². The zero-order valence-corrected chi connectivity index (χ0v) is 10.4. The Morgan fingerprint density at radius 1 is 1.44 bits per heavy atom. The average molecular weight is 249 g/mol. The molecular formula is C11H15N5O2. The summed E-state index contributed by atoms with van der Waals surface area (Å²) in [6, 6.07) is 1.84. The molecule has 0 radical (unpaired) electrons. The molecule has 0 atom stereocenters. The van der Waals surface area contributed by atoms with Gasteiger partial charge < -0.3 is 15.2 Å². The monoisotopic (exact) mass is 249 g/mol. The Balaban J connectivity index is 2.11. The number of aryl methyl sites for hydroxylation is 1. The fourth-order valence-electron chi connectivity index (χ4n) is 2.18. The van der Waals surface area contributed by atoms with E-state index in [-0.39, 0.29) is 0 Å². The minimum absolute atomic E-state index is 0.509. The summed E-state index contributed by atoms with van der Waals surface area (Å²) in [7, 11) is 3.44. The van der Waals surface area contributed by atoms with Gasteiger partial charge in [0.2, 0.25) is 5.88 Å². The molecule has 0 fully saturated rings. The number of aromatic nitrogens is 4. The second-order valence-electron chi connectivity index (χ2n) is 4.19. The van der Waals surface area contributed by atoms with E-state index in [2.05, 4.69) is 10.2 Å². The summed E-state index contributed by atoms with van der Waals surface area (Å²) in [5.41, 5.74) is 7.93. The molecule has 7 nitrogen and oxygen atoms in total. The Labute approximate surface area is 104 Å². The van der Waals surface area contributed by atoms with Gasteiger partial charge in [-0.3, -0.25) is 0 Å². The topological polar surface area (TPSA) is 80.1 Å². The lowest BCUT2D eigenvalue weighted by Crippen LogP contribution is -2.13. The van der Waals surface area contributed by atoms with Crippen molar-refractivity contribution in [2.24, 2.45) is 7.05 Å². The van der Waals surface area contributed by atoms with Crippen LogP contribution in [0.25, 0.3) is 5.82 Å². The molecule has 1 aliphatic heterocycles. The molecule has 1 aliphatic rings. The van der Waals surface area contributed by atoms with Crippen LogP contribution in [0.5, 0.6) is 5.88 Å². The van der Waals surface area contributed by atoms with Crippen LogP contribution in [0.1, 0.15) is 11.3 Å². The van der Waals surface area contributed by atoms with Gasteiger partial charge in [-0.25, -0.2) is 9.36 Å². The van der Waals surface area contributed by atoms with Crippen molar-refractivity contribution in [2.45, 2.75) is 13.0 Å². The number of methoxy groups -OCH3 is 1. The standard InChI is InChI=1S/C11H15N5O2/c1-15-10(17-2)5-9(13-15)16-8-3-4-18-6-7(8)11(12)14-16/h5H,3-4,6H2,1-2H3,(H2,12,14). The van der Waals surface area contributed by atoms with E-state index in [9.17, 15) is 0 Å². The summed E-state index contributed by atoms with van der Waals surface area (Å²) in [4.78, 5) is 0. The van der Waals surface area contributed by atoms with E-state index >= 15 is 0 Å². The van der Waals surface area contributed by atoms with Gasteiger partial charge in [0.05, 0.1) is 26.0 Å². The predicted octanol–water partition coefficient (Wildman–Crippen LogP) is 0.269. The molecule has 3 heterocycles. The smallest absolute Gasteiger partial charge is 0.213 e. The molecule has 3 rings (SSSR count). The van der Waals surface area contributed by atoms with E-state index in [1.165, 1.54) is 0 Å².